The predicted octanol–water partition coefficient (Wildman–Crippen LogP) is 2.49. The number of anilines is 1. The van der Waals surface area contributed by atoms with Crippen LogP contribution in [0.2, 0.25) is 0 Å². The molecule has 1 aromatic rings. The van der Waals surface area contributed by atoms with Crippen LogP contribution in [0.4, 0.5) is 5.69 Å². The van der Waals surface area contributed by atoms with Gasteiger partial charge in [0.25, 0.3) is 5.91 Å². The maximum absolute atomic E-state index is 12.1. The second-order valence-corrected chi connectivity index (χ2v) is 5.42. The third-order valence-corrected chi connectivity index (χ3v) is 4.36. The van der Waals surface area contributed by atoms with Gasteiger partial charge in [0.1, 0.15) is 6.61 Å². The van der Waals surface area contributed by atoms with Crippen LogP contribution in [0.25, 0.3) is 0 Å². The average molecular weight is 245 g/mol. The van der Waals surface area contributed by atoms with Gasteiger partial charge in [0.15, 0.2) is 0 Å². The Morgan fingerprint density at radius 3 is 2.78 bits per heavy atom. The van der Waals surface area contributed by atoms with E-state index in [9.17, 15) is 4.79 Å². The highest BCUT2D eigenvalue weighted by atomic mass is 16.5. The second-order valence-electron chi connectivity index (χ2n) is 5.42. The van der Waals surface area contributed by atoms with Gasteiger partial charge < -0.3 is 9.64 Å². The number of benzene rings is 1. The molecule has 0 saturated heterocycles. The highest BCUT2D eigenvalue weighted by molar-refractivity contribution is 5.97. The molecule has 3 heteroatoms. The van der Waals surface area contributed by atoms with E-state index in [1.165, 1.54) is 31.2 Å². The van der Waals surface area contributed by atoms with Crippen molar-refractivity contribution < 1.29 is 9.53 Å². The first-order valence-electron chi connectivity index (χ1n) is 6.66. The average Bonchev–Trinajstić information content (AvgIpc) is 2.98. The molecule has 96 valence electrons. The molecule has 3 rings (SSSR count). The first-order chi connectivity index (χ1) is 8.77. The molecular weight excluding hydrogens is 226 g/mol. The van der Waals surface area contributed by atoms with E-state index < -0.39 is 0 Å². The Kier molecular flexibility index (Phi) is 2.86. The molecule has 0 bridgehead atoms. The molecule has 1 spiro atoms. The Balaban J connectivity index is 1.99. The van der Waals surface area contributed by atoms with Crippen LogP contribution in [0.1, 0.15) is 31.2 Å². The van der Waals surface area contributed by atoms with Crippen molar-refractivity contribution in [1.29, 1.82) is 0 Å². The van der Waals surface area contributed by atoms with Crippen molar-refractivity contribution in [2.75, 3.05) is 25.2 Å². The number of hydrogen-bond acceptors (Lipinski definition) is 2. The summed E-state index contributed by atoms with van der Waals surface area (Å²) in [7, 11) is 1.57. The van der Waals surface area contributed by atoms with Crippen LogP contribution in [0, 0.1) is 0 Å². The summed E-state index contributed by atoms with van der Waals surface area (Å²) in [5, 5.41) is 0. The lowest BCUT2D eigenvalue weighted by molar-refractivity contribution is -0.122. The first kappa shape index (κ1) is 11.7. The number of rotatable bonds is 2. The lowest BCUT2D eigenvalue weighted by Gasteiger charge is -2.24. The minimum absolute atomic E-state index is 0.0775. The van der Waals surface area contributed by atoms with Crippen LogP contribution in [0.3, 0.4) is 0 Å². The molecule has 0 atom stereocenters. The van der Waals surface area contributed by atoms with Gasteiger partial charge in [-0.1, -0.05) is 31.0 Å². The van der Waals surface area contributed by atoms with Gasteiger partial charge in [-0.25, -0.2) is 0 Å². The second kappa shape index (κ2) is 4.39. The van der Waals surface area contributed by atoms with Crippen LogP contribution >= 0.6 is 0 Å². The lowest BCUT2D eigenvalue weighted by atomic mass is 9.81. The topological polar surface area (TPSA) is 29.5 Å². The summed E-state index contributed by atoms with van der Waals surface area (Å²) in [6, 6.07) is 8.36. The number of fused-ring (bicyclic) bond motifs is 2. The van der Waals surface area contributed by atoms with Crippen molar-refractivity contribution in [2.45, 2.75) is 31.1 Å². The van der Waals surface area contributed by atoms with E-state index in [0.29, 0.717) is 0 Å². The summed E-state index contributed by atoms with van der Waals surface area (Å²) in [4.78, 5) is 14.1. The smallest absolute Gasteiger partial charge is 0.252 e. The van der Waals surface area contributed by atoms with Crippen molar-refractivity contribution in [1.82, 2.24) is 0 Å². The quantitative estimate of drug-likeness (QED) is 0.801. The molecule has 2 aliphatic rings. The number of hydrogen-bond donors (Lipinski definition) is 0. The van der Waals surface area contributed by atoms with Gasteiger partial charge in [-0.2, -0.15) is 0 Å². The summed E-state index contributed by atoms with van der Waals surface area (Å²) in [5.74, 6) is 0.0775. The number of ether oxygens (including phenoxy) is 1. The molecule has 3 nitrogen and oxygen atoms in total. The number of para-hydroxylation sites is 1. The minimum Gasteiger partial charge on any atom is -0.375 e. The number of carbonyl (C=O) groups is 1. The van der Waals surface area contributed by atoms with Gasteiger partial charge in [0, 0.05) is 24.8 Å². The maximum Gasteiger partial charge on any atom is 0.252 e. The molecule has 0 aromatic heterocycles. The fraction of sp³-hybridized carbons (Fsp3) is 0.533. The van der Waals surface area contributed by atoms with Crippen LogP contribution in [0.15, 0.2) is 24.3 Å². The molecule has 0 radical (unpaired) electrons. The SMILES string of the molecule is COCC(=O)N1CC2(CCCC2)c2ccccc21. The van der Waals surface area contributed by atoms with Crippen molar-refractivity contribution in [3.63, 3.8) is 0 Å². The van der Waals surface area contributed by atoms with Crippen molar-refractivity contribution >= 4 is 11.6 Å². The van der Waals surface area contributed by atoms with E-state index in [1.54, 1.807) is 7.11 Å². The Morgan fingerprint density at radius 1 is 1.33 bits per heavy atom. The Bertz CT molecular complexity index is 463. The molecular formula is C15H19NO2. The van der Waals surface area contributed by atoms with Crippen molar-refractivity contribution in [3.05, 3.63) is 29.8 Å². The van der Waals surface area contributed by atoms with Crippen LogP contribution in [-0.4, -0.2) is 26.2 Å². The Morgan fingerprint density at radius 2 is 2.06 bits per heavy atom. The summed E-state index contributed by atoms with van der Waals surface area (Å²) in [5.41, 5.74) is 2.69. The highest BCUT2D eigenvalue weighted by Crippen LogP contribution is 2.50. The molecule has 1 aliphatic heterocycles. The number of nitrogens with zero attached hydrogens (tertiary/aromatic N) is 1. The third-order valence-electron chi connectivity index (χ3n) is 4.36. The van der Waals surface area contributed by atoms with E-state index in [4.69, 9.17) is 4.74 Å². The Labute approximate surface area is 108 Å². The van der Waals surface area contributed by atoms with Gasteiger partial charge in [0.2, 0.25) is 0 Å². The van der Waals surface area contributed by atoms with Gasteiger partial charge in [-0.15, -0.1) is 0 Å². The lowest BCUT2D eigenvalue weighted by Crippen LogP contribution is -2.37. The maximum atomic E-state index is 12.1. The van der Waals surface area contributed by atoms with Gasteiger partial charge in [0.05, 0.1) is 0 Å². The monoisotopic (exact) mass is 245 g/mol. The van der Waals surface area contributed by atoms with Crippen LogP contribution < -0.4 is 4.90 Å². The van der Waals surface area contributed by atoms with Crippen LogP contribution in [0.5, 0.6) is 0 Å². The number of amides is 1. The zero-order chi connectivity index (χ0) is 12.6. The molecule has 1 heterocycles. The van der Waals surface area contributed by atoms with E-state index in [1.807, 2.05) is 11.0 Å². The minimum atomic E-state index is 0.0775. The zero-order valence-electron chi connectivity index (χ0n) is 10.8. The predicted molar refractivity (Wildman–Crippen MR) is 70.8 cm³/mol. The van der Waals surface area contributed by atoms with Gasteiger partial charge >= 0.3 is 0 Å². The molecule has 1 aromatic carbocycles. The number of methoxy groups -OCH3 is 1. The van der Waals surface area contributed by atoms with E-state index in [2.05, 4.69) is 18.2 Å². The highest BCUT2D eigenvalue weighted by Gasteiger charge is 2.45. The molecule has 1 saturated carbocycles. The van der Waals surface area contributed by atoms with Crippen LogP contribution in [-0.2, 0) is 14.9 Å². The zero-order valence-corrected chi connectivity index (χ0v) is 10.8. The van der Waals surface area contributed by atoms with Crippen molar-refractivity contribution in [3.8, 4) is 0 Å². The molecule has 0 unspecified atom stereocenters. The molecule has 1 fully saturated rings. The summed E-state index contributed by atoms with van der Waals surface area (Å²) < 4.78 is 4.99. The molecule has 0 N–H and O–H groups in total. The molecule has 1 aliphatic carbocycles. The number of carbonyl (C=O) groups excluding carboxylic acids is 1. The molecule has 1 amide bonds. The first-order valence-corrected chi connectivity index (χ1v) is 6.66. The van der Waals surface area contributed by atoms with Crippen molar-refractivity contribution in [2.24, 2.45) is 0 Å². The standard InChI is InChI=1S/C15H19NO2/c1-18-10-14(17)16-11-15(8-4-5-9-15)12-6-2-3-7-13(12)16/h2-3,6-7H,4-5,8-11H2,1H3. The summed E-state index contributed by atoms with van der Waals surface area (Å²) in [6.07, 6.45) is 4.98. The van der Waals surface area contributed by atoms with E-state index >= 15 is 0 Å². The van der Waals surface area contributed by atoms with Gasteiger partial charge in [-0.05, 0) is 24.5 Å². The summed E-state index contributed by atoms with van der Waals surface area (Å²) in [6.45, 7) is 1.01. The fourth-order valence-electron chi connectivity index (χ4n) is 3.53. The fourth-order valence-corrected chi connectivity index (χ4v) is 3.53. The third kappa shape index (κ3) is 1.65. The summed E-state index contributed by atoms with van der Waals surface area (Å²) >= 11 is 0. The van der Waals surface area contributed by atoms with E-state index in [0.717, 1.165) is 12.2 Å². The Hall–Kier alpha value is -1.35. The van der Waals surface area contributed by atoms with Gasteiger partial charge in [-0.3, -0.25) is 4.79 Å². The molecule has 18 heavy (non-hydrogen) atoms. The van der Waals surface area contributed by atoms with E-state index in [-0.39, 0.29) is 17.9 Å². The normalized spacial score (nSPS) is 20.4. The largest absolute Gasteiger partial charge is 0.375 e.